The number of anilines is 2. The zero-order valence-corrected chi connectivity index (χ0v) is 17.0. The van der Waals surface area contributed by atoms with E-state index in [9.17, 15) is 0 Å². The highest BCUT2D eigenvalue weighted by molar-refractivity contribution is 5.81. The van der Waals surface area contributed by atoms with Crippen molar-refractivity contribution in [2.75, 3.05) is 23.4 Å². The molecule has 0 aliphatic heterocycles. The van der Waals surface area contributed by atoms with Crippen molar-refractivity contribution in [3.63, 3.8) is 0 Å². The van der Waals surface area contributed by atoms with Gasteiger partial charge in [0.1, 0.15) is 0 Å². The van der Waals surface area contributed by atoms with E-state index in [-0.39, 0.29) is 0 Å². The fourth-order valence-corrected chi connectivity index (χ4v) is 2.98. The molecule has 0 spiro atoms. The molecule has 0 atom stereocenters. The third kappa shape index (κ3) is 4.55. The number of aromatic nitrogens is 2. The summed E-state index contributed by atoms with van der Waals surface area (Å²) in [6.07, 6.45) is 1.81. The fraction of sp³-hybridized carbons (Fsp3) is 0.261. The molecule has 0 bridgehead atoms. The van der Waals surface area contributed by atoms with Crippen LogP contribution >= 0.6 is 0 Å². The number of aryl methyl sites for hydroxylation is 1. The summed E-state index contributed by atoms with van der Waals surface area (Å²) in [4.78, 5) is 11.6. The van der Waals surface area contributed by atoms with E-state index in [4.69, 9.17) is 0 Å². The molecule has 5 heteroatoms. The Bertz CT molecular complexity index is 929. The number of benzene rings is 2. The first kappa shape index (κ1) is 19.5. The van der Waals surface area contributed by atoms with Crippen molar-refractivity contribution in [1.82, 2.24) is 9.97 Å². The molecule has 0 fully saturated rings. The third-order valence-corrected chi connectivity index (χ3v) is 4.83. The molecule has 0 saturated heterocycles. The summed E-state index contributed by atoms with van der Waals surface area (Å²) in [5.74, 6) is 1.42. The molecule has 1 heterocycles. The van der Waals surface area contributed by atoms with Crippen molar-refractivity contribution < 1.29 is 0 Å². The van der Waals surface area contributed by atoms with E-state index in [0.717, 1.165) is 41.3 Å². The summed E-state index contributed by atoms with van der Waals surface area (Å²) in [6, 6.07) is 18.4. The van der Waals surface area contributed by atoms with E-state index in [2.05, 4.69) is 63.5 Å². The molecule has 0 saturated carbocycles. The number of nitrogens with zero attached hydrogens (tertiary/aromatic N) is 4. The van der Waals surface area contributed by atoms with E-state index < -0.39 is 0 Å². The molecule has 5 nitrogen and oxygen atoms in total. The van der Waals surface area contributed by atoms with Crippen molar-refractivity contribution in [3.8, 4) is 11.4 Å². The molecule has 2 aromatic carbocycles. The molecule has 0 unspecified atom stereocenters. The van der Waals surface area contributed by atoms with Crippen LogP contribution in [-0.4, -0.2) is 29.3 Å². The maximum absolute atomic E-state index is 4.65. The predicted molar refractivity (Wildman–Crippen MR) is 118 cm³/mol. The average molecular weight is 374 g/mol. The third-order valence-electron chi connectivity index (χ3n) is 4.83. The highest BCUT2D eigenvalue weighted by Gasteiger charge is 2.09. The van der Waals surface area contributed by atoms with Gasteiger partial charge in [-0.1, -0.05) is 42.5 Å². The fourth-order valence-electron chi connectivity index (χ4n) is 2.98. The normalized spacial score (nSPS) is 11.0. The molecule has 0 aliphatic carbocycles. The van der Waals surface area contributed by atoms with Gasteiger partial charge in [-0.15, -0.1) is 0 Å². The van der Waals surface area contributed by atoms with Crippen molar-refractivity contribution in [2.45, 2.75) is 27.7 Å². The summed E-state index contributed by atoms with van der Waals surface area (Å²) in [5.41, 5.74) is 8.27. The Kier molecular flexibility index (Phi) is 6.37. The summed E-state index contributed by atoms with van der Waals surface area (Å²) in [5, 5.41) is 4.38. The van der Waals surface area contributed by atoms with Gasteiger partial charge in [0.25, 0.3) is 0 Å². The van der Waals surface area contributed by atoms with Crippen LogP contribution in [0.4, 0.5) is 11.5 Å². The zero-order valence-electron chi connectivity index (χ0n) is 17.0. The monoisotopic (exact) mass is 373 g/mol. The van der Waals surface area contributed by atoms with E-state index in [1.807, 2.05) is 50.4 Å². The zero-order chi connectivity index (χ0) is 19.9. The van der Waals surface area contributed by atoms with Crippen LogP contribution in [0.2, 0.25) is 0 Å². The Labute approximate surface area is 167 Å². The van der Waals surface area contributed by atoms with Crippen LogP contribution in [0.5, 0.6) is 0 Å². The van der Waals surface area contributed by atoms with Gasteiger partial charge in [-0.3, -0.25) is 5.43 Å². The molecular formula is C23H27N5. The van der Waals surface area contributed by atoms with Crippen molar-refractivity contribution in [3.05, 3.63) is 71.4 Å². The quantitative estimate of drug-likeness (QED) is 0.465. The van der Waals surface area contributed by atoms with E-state index in [1.54, 1.807) is 0 Å². The molecule has 0 amide bonds. The lowest BCUT2D eigenvalue weighted by Gasteiger charge is -2.20. The van der Waals surface area contributed by atoms with Gasteiger partial charge in [0.15, 0.2) is 11.6 Å². The van der Waals surface area contributed by atoms with Crippen LogP contribution < -0.4 is 10.3 Å². The van der Waals surface area contributed by atoms with Gasteiger partial charge in [0.2, 0.25) is 0 Å². The maximum Gasteiger partial charge on any atom is 0.161 e. The number of hydrogen-bond donors (Lipinski definition) is 1. The minimum absolute atomic E-state index is 0.699. The molecule has 144 valence electrons. The second-order valence-corrected chi connectivity index (χ2v) is 6.61. The van der Waals surface area contributed by atoms with Gasteiger partial charge in [-0.05, 0) is 45.4 Å². The van der Waals surface area contributed by atoms with Gasteiger partial charge in [-0.25, -0.2) is 9.97 Å². The van der Waals surface area contributed by atoms with Crippen molar-refractivity contribution >= 4 is 17.7 Å². The summed E-state index contributed by atoms with van der Waals surface area (Å²) >= 11 is 0. The first-order chi connectivity index (χ1) is 13.6. The molecule has 0 radical (unpaired) electrons. The standard InChI is InChI=1S/C23H27N5/c1-5-28(6-2)21-14-12-19(13-15-21)16-24-27-22-17(3)18(4)25-23(26-22)20-10-8-7-9-11-20/h7-16H,5-6H2,1-4H3,(H,25,26,27)/b24-16-. The maximum atomic E-state index is 4.65. The first-order valence-corrected chi connectivity index (χ1v) is 9.67. The van der Waals surface area contributed by atoms with Crippen LogP contribution in [0.15, 0.2) is 59.7 Å². The Hall–Kier alpha value is -3.21. The van der Waals surface area contributed by atoms with Gasteiger partial charge in [-0.2, -0.15) is 5.10 Å². The number of rotatable bonds is 7. The van der Waals surface area contributed by atoms with E-state index in [1.165, 1.54) is 5.69 Å². The molecule has 28 heavy (non-hydrogen) atoms. The average Bonchev–Trinajstić information content (AvgIpc) is 2.73. The molecule has 3 aromatic rings. The lowest BCUT2D eigenvalue weighted by atomic mass is 10.2. The molecular weight excluding hydrogens is 346 g/mol. The molecule has 1 aromatic heterocycles. The van der Waals surface area contributed by atoms with E-state index >= 15 is 0 Å². The van der Waals surface area contributed by atoms with Crippen LogP contribution in [0.1, 0.15) is 30.7 Å². The smallest absolute Gasteiger partial charge is 0.161 e. The molecule has 1 N–H and O–H groups in total. The van der Waals surface area contributed by atoms with Crippen molar-refractivity contribution in [1.29, 1.82) is 0 Å². The first-order valence-electron chi connectivity index (χ1n) is 9.67. The van der Waals surface area contributed by atoms with Crippen LogP contribution in [0.25, 0.3) is 11.4 Å². The summed E-state index contributed by atoms with van der Waals surface area (Å²) in [6.45, 7) is 10.3. The highest BCUT2D eigenvalue weighted by atomic mass is 15.3. The number of nitrogens with one attached hydrogen (secondary N) is 1. The lowest BCUT2D eigenvalue weighted by Crippen LogP contribution is -2.21. The Morgan fingerprint density at radius 3 is 2.25 bits per heavy atom. The topological polar surface area (TPSA) is 53.4 Å². The Morgan fingerprint density at radius 1 is 0.929 bits per heavy atom. The molecule has 3 rings (SSSR count). The predicted octanol–water partition coefficient (Wildman–Crippen LogP) is 5.05. The van der Waals surface area contributed by atoms with Gasteiger partial charge < -0.3 is 4.90 Å². The number of hydrogen-bond acceptors (Lipinski definition) is 5. The largest absolute Gasteiger partial charge is 0.372 e. The Balaban J connectivity index is 1.76. The van der Waals surface area contributed by atoms with Crippen LogP contribution in [0, 0.1) is 13.8 Å². The SMILES string of the molecule is CCN(CC)c1ccc(/C=N\Nc2nc(-c3ccccc3)nc(C)c2C)cc1. The van der Waals surface area contributed by atoms with Gasteiger partial charge >= 0.3 is 0 Å². The minimum atomic E-state index is 0.699. The minimum Gasteiger partial charge on any atom is -0.372 e. The second kappa shape index (κ2) is 9.13. The Morgan fingerprint density at radius 2 is 1.61 bits per heavy atom. The lowest BCUT2D eigenvalue weighted by molar-refractivity contribution is 0.866. The van der Waals surface area contributed by atoms with Crippen LogP contribution in [0.3, 0.4) is 0 Å². The second-order valence-electron chi connectivity index (χ2n) is 6.61. The molecule has 0 aliphatic rings. The van der Waals surface area contributed by atoms with Crippen LogP contribution in [-0.2, 0) is 0 Å². The van der Waals surface area contributed by atoms with Gasteiger partial charge in [0, 0.05) is 35.6 Å². The summed E-state index contributed by atoms with van der Waals surface area (Å²) in [7, 11) is 0. The highest BCUT2D eigenvalue weighted by Crippen LogP contribution is 2.21. The summed E-state index contributed by atoms with van der Waals surface area (Å²) < 4.78 is 0. The van der Waals surface area contributed by atoms with E-state index in [0.29, 0.717) is 5.82 Å². The van der Waals surface area contributed by atoms with Crippen molar-refractivity contribution in [2.24, 2.45) is 5.10 Å². The van der Waals surface area contributed by atoms with Gasteiger partial charge in [0.05, 0.1) is 6.21 Å². The number of hydrazone groups is 1.